The molecule has 0 saturated heterocycles. The van der Waals surface area contributed by atoms with E-state index in [0.29, 0.717) is 0 Å². The number of hydrogen-bond donors (Lipinski definition) is 0. The van der Waals surface area contributed by atoms with Gasteiger partial charge in [0, 0.05) is 9.75 Å². The Bertz CT molecular complexity index is 396. The first kappa shape index (κ1) is 15.8. The van der Waals surface area contributed by atoms with E-state index in [0.717, 1.165) is 0 Å². The van der Waals surface area contributed by atoms with Crippen molar-refractivity contribution in [3.8, 4) is 0 Å². The Morgan fingerprint density at radius 3 is 1.56 bits per heavy atom. The molecule has 0 aromatic carbocycles. The molecule has 0 aliphatic heterocycles. The normalized spacial score (nSPS) is 13.1. The fourth-order valence-electron chi connectivity index (χ4n) is 2.60. The summed E-state index contributed by atoms with van der Waals surface area (Å²) < 4.78 is 0. The van der Waals surface area contributed by atoms with Crippen molar-refractivity contribution in [1.82, 2.24) is 0 Å². The van der Waals surface area contributed by atoms with Crippen molar-refractivity contribution in [2.24, 2.45) is 0 Å². The molecule has 0 atom stereocenters. The number of thiophene rings is 1. The van der Waals surface area contributed by atoms with Gasteiger partial charge in [-0.1, -0.05) is 61.8 Å². The summed E-state index contributed by atoms with van der Waals surface area (Å²) in [5, 5.41) is 0. The largest absolute Gasteiger partial charge is 0.144 e. The molecule has 0 radical (unpaired) electrons. The SMILES string of the molecule is CCCc1c(C(C)(C)C)sc(C(C)(C)C)c1CC. The maximum atomic E-state index is 2.35. The molecule has 1 aromatic heterocycles. The van der Waals surface area contributed by atoms with Gasteiger partial charge in [-0.2, -0.15) is 0 Å². The number of hydrogen-bond acceptors (Lipinski definition) is 1. The van der Waals surface area contributed by atoms with Gasteiger partial charge in [-0.15, -0.1) is 11.3 Å². The van der Waals surface area contributed by atoms with Crippen molar-refractivity contribution >= 4 is 11.3 Å². The second-order valence-electron chi connectivity index (χ2n) is 7.32. The van der Waals surface area contributed by atoms with Crippen LogP contribution in [0.25, 0.3) is 0 Å². The fraction of sp³-hybridized carbons (Fsp3) is 0.765. The van der Waals surface area contributed by atoms with Crippen LogP contribution in [-0.4, -0.2) is 0 Å². The Balaban J connectivity index is 3.49. The molecule has 0 amide bonds. The molecule has 0 aliphatic carbocycles. The second kappa shape index (κ2) is 5.36. The first-order chi connectivity index (χ1) is 8.12. The second-order valence-corrected chi connectivity index (χ2v) is 8.34. The molecule has 0 bridgehead atoms. The van der Waals surface area contributed by atoms with Gasteiger partial charge in [0.15, 0.2) is 0 Å². The molecule has 1 rings (SSSR count). The molecule has 18 heavy (non-hydrogen) atoms. The van der Waals surface area contributed by atoms with Gasteiger partial charge in [0.25, 0.3) is 0 Å². The molecular weight excluding hydrogens is 236 g/mol. The topological polar surface area (TPSA) is 0 Å². The molecule has 104 valence electrons. The van der Waals surface area contributed by atoms with Crippen LogP contribution < -0.4 is 0 Å². The van der Waals surface area contributed by atoms with Gasteiger partial charge in [-0.25, -0.2) is 0 Å². The van der Waals surface area contributed by atoms with Crippen molar-refractivity contribution in [1.29, 1.82) is 0 Å². The minimum absolute atomic E-state index is 0.280. The lowest BCUT2D eigenvalue weighted by atomic mass is 9.84. The molecule has 0 N–H and O–H groups in total. The van der Waals surface area contributed by atoms with E-state index in [2.05, 4.69) is 66.7 Å². The highest BCUT2D eigenvalue weighted by molar-refractivity contribution is 7.12. The summed E-state index contributed by atoms with van der Waals surface area (Å²) in [5.74, 6) is 0. The van der Waals surface area contributed by atoms with Gasteiger partial charge >= 0.3 is 0 Å². The molecule has 0 unspecified atom stereocenters. The van der Waals surface area contributed by atoms with Crippen molar-refractivity contribution in [3.05, 3.63) is 20.9 Å². The molecule has 1 aromatic rings. The Morgan fingerprint density at radius 2 is 1.22 bits per heavy atom. The summed E-state index contributed by atoms with van der Waals surface area (Å²) in [4.78, 5) is 3.23. The van der Waals surface area contributed by atoms with Gasteiger partial charge in [0.2, 0.25) is 0 Å². The molecule has 1 heteroatoms. The molecule has 1 heterocycles. The minimum Gasteiger partial charge on any atom is -0.144 e. The molecular formula is C17H30S. The first-order valence-electron chi connectivity index (χ1n) is 7.28. The Morgan fingerprint density at radius 1 is 0.778 bits per heavy atom. The van der Waals surface area contributed by atoms with Crippen LogP contribution in [0.15, 0.2) is 0 Å². The summed E-state index contributed by atoms with van der Waals surface area (Å²) in [6, 6.07) is 0. The Labute approximate surface area is 118 Å². The van der Waals surface area contributed by atoms with Crippen LogP contribution in [0, 0.1) is 0 Å². The zero-order valence-corrected chi connectivity index (χ0v) is 14.3. The van der Waals surface area contributed by atoms with Gasteiger partial charge in [-0.05, 0) is 34.8 Å². The van der Waals surface area contributed by atoms with Crippen LogP contribution in [0.1, 0.15) is 82.7 Å². The van der Waals surface area contributed by atoms with Gasteiger partial charge in [-0.3, -0.25) is 0 Å². The van der Waals surface area contributed by atoms with Gasteiger partial charge in [0.1, 0.15) is 0 Å². The highest BCUT2D eigenvalue weighted by atomic mass is 32.1. The molecule has 0 spiro atoms. The van der Waals surface area contributed by atoms with Crippen LogP contribution in [0.5, 0.6) is 0 Å². The van der Waals surface area contributed by atoms with Crippen molar-refractivity contribution < 1.29 is 0 Å². The molecule has 0 saturated carbocycles. The zero-order chi connectivity index (χ0) is 14.1. The van der Waals surface area contributed by atoms with E-state index in [1.165, 1.54) is 19.3 Å². The highest BCUT2D eigenvalue weighted by Crippen LogP contribution is 2.43. The van der Waals surface area contributed by atoms with Crippen LogP contribution in [0.4, 0.5) is 0 Å². The van der Waals surface area contributed by atoms with Gasteiger partial charge in [0.05, 0.1) is 0 Å². The van der Waals surface area contributed by atoms with Crippen molar-refractivity contribution in [2.45, 2.75) is 85.5 Å². The van der Waals surface area contributed by atoms with Crippen LogP contribution in [-0.2, 0) is 23.7 Å². The van der Waals surface area contributed by atoms with Crippen LogP contribution in [0.3, 0.4) is 0 Å². The standard InChI is InChI=1S/C17H30S/c1-9-11-13-12(10-2)14(16(3,4)5)18-15(13)17(6,7)8/h9-11H2,1-8H3. The maximum Gasteiger partial charge on any atom is 0.0137 e. The summed E-state index contributed by atoms with van der Waals surface area (Å²) in [6.07, 6.45) is 3.66. The molecule has 0 aliphatic rings. The third kappa shape index (κ3) is 3.17. The van der Waals surface area contributed by atoms with Crippen LogP contribution in [0.2, 0.25) is 0 Å². The van der Waals surface area contributed by atoms with E-state index in [1.54, 1.807) is 20.9 Å². The Kier molecular flexibility index (Phi) is 4.70. The van der Waals surface area contributed by atoms with E-state index < -0.39 is 0 Å². The average Bonchev–Trinajstić information content (AvgIpc) is 2.56. The predicted octanol–water partition coefficient (Wildman–Crippen LogP) is 5.86. The summed E-state index contributed by atoms with van der Waals surface area (Å²) in [7, 11) is 0. The number of rotatable bonds is 3. The van der Waals surface area contributed by atoms with E-state index in [4.69, 9.17) is 0 Å². The third-order valence-corrected chi connectivity index (χ3v) is 5.46. The highest BCUT2D eigenvalue weighted by Gasteiger charge is 2.29. The lowest BCUT2D eigenvalue weighted by Crippen LogP contribution is -2.12. The average molecular weight is 266 g/mol. The van der Waals surface area contributed by atoms with Crippen molar-refractivity contribution in [3.63, 3.8) is 0 Å². The van der Waals surface area contributed by atoms with E-state index in [1.807, 2.05) is 0 Å². The minimum atomic E-state index is 0.280. The van der Waals surface area contributed by atoms with E-state index in [9.17, 15) is 0 Å². The summed E-state index contributed by atoms with van der Waals surface area (Å²) >= 11 is 2.06. The summed E-state index contributed by atoms with van der Waals surface area (Å²) in [6.45, 7) is 18.7. The maximum absolute atomic E-state index is 2.35. The first-order valence-corrected chi connectivity index (χ1v) is 8.10. The lowest BCUT2D eigenvalue weighted by molar-refractivity contribution is 0.592. The predicted molar refractivity (Wildman–Crippen MR) is 85.1 cm³/mol. The summed E-state index contributed by atoms with van der Waals surface area (Å²) in [5.41, 5.74) is 3.85. The van der Waals surface area contributed by atoms with Crippen LogP contribution >= 0.6 is 11.3 Å². The van der Waals surface area contributed by atoms with Gasteiger partial charge < -0.3 is 0 Å². The zero-order valence-electron chi connectivity index (χ0n) is 13.5. The van der Waals surface area contributed by atoms with E-state index in [-0.39, 0.29) is 10.8 Å². The van der Waals surface area contributed by atoms with E-state index >= 15 is 0 Å². The fourth-order valence-corrected chi connectivity index (χ4v) is 4.15. The molecule has 0 nitrogen and oxygen atoms in total. The lowest BCUT2D eigenvalue weighted by Gasteiger charge is -2.19. The quantitative estimate of drug-likeness (QED) is 0.643. The molecule has 0 fully saturated rings. The third-order valence-electron chi connectivity index (χ3n) is 3.33. The monoisotopic (exact) mass is 266 g/mol. The smallest absolute Gasteiger partial charge is 0.0137 e. The Hall–Kier alpha value is -0.300. The van der Waals surface area contributed by atoms with Crippen molar-refractivity contribution in [2.75, 3.05) is 0 Å².